The Hall–Kier alpha value is -5.21. The van der Waals surface area contributed by atoms with E-state index in [4.69, 9.17) is 19.3 Å². The highest BCUT2D eigenvalue weighted by Crippen LogP contribution is 2.44. The lowest BCUT2D eigenvalue weighted by Gasteiger charge is -2.33. The number of aromatic hydroxyl groups is 1. The van der Waals surface area contributed by atoms with Gasteiger partial charge in [-0.3, -0.25) is 4.79 Å². The summed E-state index contributed by atoms with van der Waals surface area (Å²) in [6.07, 6.45) is -6.72. The molecule has 4 N–H and O–H groups in total. The number of ketones is 1. The van der Waals surface area contributed by atoms with Gasteiger partial charge in [-0.1, -0.05) is 30.3 Å². The first-order chi connectivity index (χ1) is 23.2. The van der Waals surface area contributed by atoms with Crippen LogP contribution in [0.2, 0.25) is 0 Å². The second kappa shape index (κ2) is 15.3. The monoisotopic (exact) mass is 683 g/mol. The number of amides is 1. The lowest BCUT2D eigenvalue weighted by Crippen LogP contribution is -2.45. The van der Waals surface area contributed by atoms with Gasteiger partial charge in [0.2, 0.25) is 11.5 Å². The van der Waals surface area contributed by atoms with Gasteiger partial charge in [0.25, 0.3) is 0 Å². The molecule has 2 heterocycles. The Kier molecular flexibility index (Phi) is 11.5. The molecule has 0 saturated heterocycles. The average Bonchev–Trinajstić information content (AvgIpc) is 3.08. The maximum Gasteiger partial charge on any atom is 0.422 e. The smallest absolute Gasteiger partial charge is 0.422 e. The number of methoxy groups -OCH3 is 1. The number of benzene rings is 2. The molecule has 49 heavy (non-hydrogen) atoms. The molecule has 0 aliphatic carbocycles. The van der Waals surface area contributed by atoms with Crippen LogP contribution >= 0.6 is 0 Å². The quantitative estimate of drug-likeness (QED) is 0.120. The molecule has 2 aromatic carbocycles. The number of alkyl halides is 3. The topological polar surface area (TPSA) is 160 Å². The first-order valence-electron chi connectivity index (χ1n) is 15.1. The molecule has 1 unspecified atom stereocenters. The third kappa shape index (κ3) is 9.03. The zero-order valence-corrected chi connectivity index (χ0v) is 27.0. The van der Waals surface area contributed by atoms with E-state index in [1.807, 2.05) is 0 Å². The molecule has 4 aromatic rings. The number of nitrogens with one attached hydrogen (secondary N) is 1. The van der Waals surface area contributed by atoms with E-state index in [1.54, 1.807) is 44.2 Å². The van der Waals surface area contributed by atoms with Crippen molar-refractivity contribution in [3.8, 4) is 28.6 Å². The molecule has 260 valence electrons. The number of ether oxygens (including phenoxy) is 3. The van der Waals surface area contributed by atoms with Gasteiger partial charge in [0.1, 0.15) is 13.2 Å². The summed E-state index contributed by atoms with van der Waals surface area (Å²) in [4.78, 5) is 34.1. The van der Waals surface area contributed by atoms with Gasteiger partial charge in [-0.05, 0) is 67.8 Å². The second-order valence-corrected chi connectivity index (χ2v) is 11.6. The molecule has 0 spiro atoms. The van der Waals surface area contributed by atoms with Gasteiger partial charge >= 0.3 is 12.3 Å². The Morgan fingerprint density at radius 3 is 2.33 bits per heavy atom. The summed E-state index contributed by atoms with van der Waals surface area (Å²) in [7, 11) is 1.40. The molecule has 0 radical (unpaired) electrons. The van der Waals surface area contributed by atoms with Gasteiger partial charge in [0.05, 0.1) is 30.6 Å². The minimum Gasteiger partial charge on any atom is -0.504 e. The zero-order chi connectivity index (χ0) is 35.8. The van der Waals surface area contributed by atoms with Crippen molar-refractivity contribution in [3.05, 3.63) is 101 Å². The molecule has 2 aromatic heterocycles. The number of Topliss-reactive ketones (excluding diaryl/α,β-unsaturated/α-hetero) is 1. The van der Waals surface area contributed by atoms with Crippen LogP contribution in [0.25, 0.3) is 11.3 Å². The third-order valence-corrected chi connectivity index (χ3v) is 7.65. The Labute approximate surface area is 280 Å². The molecule has 11 nitrogen and oxygen atoms in total. The number of hydrogen-bond donors (Lipinski definition) is 4. The van der Waals surface area contributed by atoms with Crippen LogP contribution in [0, 0.1) is 0 Å². The van der Waals surface area contributed by atoms with Gasteiger partial charge in [-0.2, -0.15) is 13.2 Å². The predicted octanol–water partition coefficient (Wildman–Crippen LogP) is 5.80. The van der Waals surface area contributed by atoms with Crippen LogP contribution in [0.5, 0.6) is 17.4 Å². The van der Waals surface area contributed by atoms with E-state index in [2.05, 4.69) is 15.3 Å². The van der Waals surface area contributed by atoms with Crippen LogP contribution < -0.4 is 14.8 Å². The fourth-order valence-electron chi connectivity index (χ4n) is 4.81. The minimum atomic E-state index is -5.30. The highest BCUT2D eigenvalue weighted by molar-refractivity contribution is 5.96. The standard InChI is InChI=1S/C35H36F3N3O8/c1-33(2,41-32(45)49-21-22-7-5-4-6-8-22)25-18-26(24-10-12-31(47-3)39-20-24)40-30(19-25)34(46,35(36,37)38)14-13-27(43)23-9-11-29(28(44)17-23)48-16-15-42/h4-12,17-20,42,44,46H,13-16,21H2,1-3H3,(H,41,45). The Morgan fingerprint density at radius 1 is 0.980 bits per heavy atom. The maximum atomic E-state index is 14.8. The van der Waals surface area contributed by atoms with E-state index in [-0.39, 0.29) is 53.8 Å². The number of aromatic nitrogens is 2. The van der Waals surface area contributed by atoms with Crippen molar-refractivity contribution in [3.63, 3.8) is 0 Å². The minimum absolute atomic E-state index is 0.00688. The summed E-state index contributed by atoms with van der Waals surface area (Å²) < 4.78 is 60.0. The van der Waals surface area contributed by atoms with E-state index in [9.17, 15) is 33.0 Å². The summed E-state index contributed by atoms with van der Waals surface area (Å²) in [5.74, 6) is -1.04. The van der Waals surface area contributed by atoms with Crippen molar-refractivity contribution < 1.29 is 52.3 Å². The fourth-order valence-corrected chi connectivity index (χ4v) is 4.81. The number of pyridine rings is 2. The zero-order valence-electron chi connectivity index (χ0n) is 27.0. The second-order valence-electron chi connectivity index (χ2n) is 11.6. The number of hydrogen-bond acceptors (Lipinski definition) is 10. The number of carbonyl (C=O) groups is 2. The maximum absolute atomic E-state index is 14.8. The molecule has 0 aliphatic heterocycles. The van der Waals surface area contributed by atoms with E-state index in [0.29, 0.717) is 0 Å². The molecule has 0 saturated carbocycles. The number of aliphatic hydroxyl groups is 2. The van der Waals surface area contributed by atoms with Crippen molar-refractivity contribution in [1.29, 1.82) is 0 Å². The number of nitrogens with zero attached hydrogens (tertiary/aromatic N) is 2. The third-order valence-electron chi connectivity index (χ3n) is 7.65. The molecule has 14 heteroatoms. The van der Waals surface area contributed by atoms with Crippen LogP contribution in [0.1, 0.15) is 53.9 Å². The lowest BCUT2D eigenvalue weighted by molar-refractivity contribution is -0.270. The number of phenolic OH excluding ortho intramolecular Hbond substituents is 1. The number of phenols is 1. The largest absolute Gasteiger partial charge is 0.504 e. The van der Waals surface area contributed by atoms with Crippen LogP contribution in [0.4, 0.5) is 18.0 Å². The first-order valence-corrected chi connectivity index (χ1v) is 15.1. The van der Waals surface area contributed by atoms with E-state index in [0.717, 1.165) is 17.7 Å². The average molecular weight is 684 g/mol. The van der Waals surface area contributed by atoms with Crippen molar-refractivity contribution >= 4 is 11.9 Å². The lowest BCUT2D eigenvalue weighted by atomic mass is 9.86. The van der Waals surface area contributed by atoms with Gasteiger partial charge in [-0.25, -0.2) is 14.8 Å². The van der Waals surface area contributed by atoms with Crippen molar-refractivity contribution in [2.45, 2.75) is 50.6 Å². The molecule has 0 bridgehead atoms. The van der Waals surface area contributed by atoms with Crippen LogP contribution in [0.15, 0.2) is 79.0 Å². The van der Waals surface area contributed by atoms with Crippen LogP contribution in [-0.4, -0.2) is 63.7 Å². The molecular formula is C35H36F3N3O8. The highest BCUT2D eigenvalue weighted by Gasteiger charge is 2.56. The van der Waals surface area contributed by atoms with Crippen LogP contribution in [0.3, 0.4) is 0 Å². The summed E-state index contributed by atoms with van der Waals surface area (Å²) in [5.41, 5.74) is -4.77. The van der Waals surface area contributed by atoms with Crippen molar-refractivity contribution in [2.24, 2.45) is 0 Å². The summed E-state index contributed by atoms with van der Waals surface area (Å²) >= 11 is 0. The number of aliphatic hydroxyl groups excluding tert-OH is 1. The predicted molar refractivity (Wildman–Crippen MR) is 171 cm³/mol. The normalized spacial score (nSPS) is 12.9. The SMILES string of the molecule is COc1ccc(-c2cc(C(C)(C)NC(=O)OCc3ccccc3)cc(C(O)(CCC(=O)c3ccc(OCCO)c(O)c3)C(F)(F)F)n2)cn1. The fraction of sp³-hybridized carbons (Fsp3) is 0.314. The van der Waals surface area contributed by atoms with Gasteiger partial charge < -0.3 is 34.8 Å². The van der Waals surface area contributed by atoms with Crippen molar-refractivity contribution in [2.75, 3.05) is 20.3 Å². The number of carbonyl (C=O) groups excluding carboxylic acids is 2. The molecule has 0 aliphatic rings. The summed E-state index contributed by atoms with van der Waals surface area (Å²) in [6, 6.07) is 17.9. The number of alkyl carbamates (subject to hydrolysis) is 1. The molecule has 0 fully saturated rings. The molecule has 1 amide bonds. The van der Waals surface area contributed by atoms with Gasteiger partial charge in [-0.15, -0.1) is 0 Å². The molecular weight excluding hydrogens is 647 g/mol. The van der Waals surface area contributed by atoms with Crippen molar-refractivity contribution in [1.82, 2.24) is 15.3 Å². The summed E-state index contributed by atoms with van der Waals surface area (Å²) in [6.45, 7) is 2.59. The van der Waals surface area contributed by atoms with E-state index < -0.39 is 53.5 Å². The van der Waals surface area contributed by atoms with Gasteiger partial charge in [0.15, 0.2) is 17.3 Å². The Balaban J connectivity index is 1.69. The Morgan fingerprint density at radius 2 is 1.71 bits per heavy atom. The molecule has 1 atom stereocenters. The Bertz CT molecular complexity index is 1750. The molecule has 4 rings (SSSR count). The highest BCUT2D eigenvalue weighted by atomic mass is 19.4. The van der Waals surface area contributed by atoms with Gasteiger partial charge in [0, 0.05) is 29.8 Å². The van der Waals surface area contributed by atoms with E-state index in [1.165, 1.54) is 43.6 Å². The van der Waals surface area contributed by atoms with Crippen LogP contribution in [-0.2, 0) is 22.5 Å². The number of rotatable bonds is 14. The van der Waals surface area contributed by atoms with E-state index >= 15 is 0 Å². The first kappa shape index (κ1) is 36.6. The summed E-state index contributed by atoms with van der Waals surface area (Å²) in [5, 5.41) is 33.1. The number of halogens is 3.